The molecule has 138 valence electrons. The van der Waals surface area contributed by atoms with Crippen LogP contribution in [-0.4, -0.2) is 56.1 Å². The Morgan fingerprint density at radius 3 is 3.00 bits per heavy atom. The Labute approximate surface area is 158 Å². The van der Waals surface area contributed by atoms with Crippen molar-refractivity contribution in [3.63, 3.8) is 0 Å². The third-order valence-corrected chi connectivity index (χ3v) is 5.96. The molecule has 2 aliphatic rings. The number of urea groups is 1. The molecule has 0 radical (unpaired) electrons. The zero-order chi connectivity index (χ0) is 17.5. The van der Waals surface area contributed by atoms with Gasteiger partial charge in [0.1, 0.15) is 0 Å². The first-order valence-corrected chi connectivity index (χ1v) is 10.4. The van der Waals surface area contributed by atoms with E-state index in [1.54, 1.807) is 0 Å². The monoisotopic (exact) mass is 383 g/mol. The lowest BCUT2D eigenvalue weighted by atomic mass is 10.0. The van der Waals surface area contributed by atoms with Crippen LogP contribution in [0.4, 0.5) is 4.79 Å². The predicted molar refractivity (Wildman–Crippen MR) is 103 cm³/mol. The van der Waals surface area contributed by atoms with E-state index in [9.17, 15) is 4.79 Å². The molecule has 1 aromatic carbocycles. The number of carbonyl (C=O) groups is 1. The molecule has 2 amide bonds. The zero-order valence-electron chi connectivity index (χ0n) is 14.4. The number of morpholine rings is 1. The van der Waals surface area contributed by atoms with Gasteiger partial charge in [-0.15, -0.1) is 11.8 Å². The zero-order valence-corrected chi connectivity index (χ0v) is 16.0. The van der Waals surface area contributed by atoms with Crippen molar-refractivity contribution in [2.45, 2.75) is 30.2 Å². The second-order valence-corrected chi connectivity index (χ2v) is 8.01. The average molecular weight is 384 g/mol. The Bertz CT molecular complexity index is 581. The van der Waals surface area contributed by atoms with Gasteiger partial charge in [-0.05, 0) is 49.6 Å². The number of amides is 2. The number of fused-ring (bicyclic) bond motifs is 1. The maximum atomic E-state index is 12.2. The minimum absolute atomic E-state index is 0.0447. The molecule has 0 saturated carbocycles. The highest BCUT2D eigenvalue weighted by Crippen LogP contribution is 2.37. The summed E-state index contributed by atoms with van der Waals surface area (Å²) in [7, 11) is 0. The van der Waals surface area contributed by atoms with Gasteiger partial charge >= 0.3 is 6.03 Å². The number of carbonyl (C=O) groups excluding carboxylic acids is 1. The van der Waals surface area contributed by atoms with E-state index in [-0.39, 0.29) is 12.1 Å². The van der Waals surface area contributed by atoms with Gasteiger partial charge < -0.3 is 15.4 Å². The van der Waals surface area contributed by atoms with Gasteiger partial charge in [-0.3, -0.25) is 4.90 Å². The number of ether oxygens (including phenoxy) is 1. The number of nitrogens with zero attached hydrogens (tertiary/aromatic N) is 1. The Balaban J connectivity index is 1.36. The van der Waals surface area contributed by atoms with Gasteiger partial charge in [0.2, 0.25) is 0 Å². The Morgan fingerprint density at radius 1 is 1.32 bits per heavy atom. The van der Waals surface area contributed by atoms with Gasteiger partial charge in [0.15, 0.2) is 0 Å². The molecule has 5 nitrogen and oxygen atoms in total. The van der Waals surface area contributed by atoms with E-state index >= 15 is 0 Å². The predicted octanol–water partition coefficient (Wildman–Crippen LogP) is 3.29. The normalized spacial score (nSPS) is 20.8. The molecule has 1 atom stereocenters. The fraction of sp³-hybridized carbons (Fsp3) is 0.611. The van der Waals surface area contributed by atoms with Gasteiger partial charge in [-0.25, -0.2) is 4.79 Å². The molecule has 2 heterocycles. The summed E-state index contributed by atoms with van der Waals surface area (Å²) in [6.07, 6.45) is 3.02. The molecule has 0 aromatic heterocycles. The quantitative estimate of drug-likeness (QED) is 0.740. The maximum Gasteiger partial charge on any atom is 0.315 e. The van der Waals surface area contributed by atoms with E-state index in [1.807, 2.05) is 30.0 Å². The highest BCUT2D eigenvalue weighted by atomic mass is 35.5. The first kappa shape index (κ1) is 18.8. The van der Waals surface area contributed by atoms with Crippen molar-refractivity contribution in [1.29, 1.82) is 0 Å². The van der Waals surface area contributed by atoms with Crippen molar-refractivity contribution in [3.05, 3.63) is 28.8 Å². The summed E-state index contributed by atoms with van der Waals surface area (Å²) in [5, 5.41) is 6.79. The van der Waals surface area contributed by atoms with Gasteiger partial charge in [0.05, 0.1) is 19.3 Å². The standard InChI is InChI=1S/C18H26ClN3O2S/c19-14-3-4-17-15(13-14)16(5-12-25-17)21-18(23)20-6-1-2-7-22-8-10-24-11-9-22/h3-4,13,16H,1-2,5-12H2,(H2,20,21,23)/t16-/m1/s1. The molecule has 2 aliphatic heterocycles. The van der Waals surface area contributed by atoms with Crippen molar-refractivity contribution in [2.75, 3.05) is 45.1 Å². The second-order valence-electron chi connectivity index (χ2n) is 6.43. The second kappa shape index (κ2) is 9.67. The average Bonchev–Trinajstić information content (AvgIpc) is 2.63. The van der Waals surface area contributed by atoms with E-state index in [0.29, 0.717) is 6.54 Å². The number of nitrogens with one attached hydrogen (secondary N) is 2. The molecule has 0 unspecified atom stereocenters. The number of hydrogen-bond donors (Lipinski definition) is 2. The number of thioether (sulfide) groups is 1. The summed E-state index contributed by atoms with van der Waals surface area (Å²) in [4.78, 5) is 15.8. The molecule has 0 bridgehead atoms. The van der Waals surface area contributed by atoms with Gasteiger partial charge in [0.25, 0.3) is 0 Å². The number of halogens is 1. The molecular formula is C18H26ClN3O2S. The maximum absolute atomic E-state index is 12.2. The van der Waals surface area contributed by atoms with Crippen LogP contribution < -0.4 is 10.6 Å². The third-order valence-electron chi connectivity index (χ3n) is 4.61. The fourth-order valence-electron chi connectivity index (χ4n) is 3.21. The highest BCUT2D eigenvalue weighted by molar-refractivity contribution is 7.99. The van der Waals surface area contributed by atoms with Gasteiger partial charge in [-0.2, -0.15) is 0 Å². The number of rotatable bonds is 6. The van der Waals surface area contributed by atoms with Crippen LogP contribution in [0.1, 0.15) is 30.9 Å². The van der Waals surface area contributed by atoms with Crippen LogP contribution in [0.15, 0.2) is 23.1 Å². The Morgan fingerprint density at radius 2 is 2.16 bits per heavy atom. The lowest BCUT2D eigenvalue weighted by Gasteiger charge is -2.27. The minimum Gasteiger partial charge on any atom is -0.379 e. The molecule has 1 aromatic rings. The third kappa shape index (κ3) is 5.78. The molecule has 25 heavy (non-hydrogen) atoms. The molecule has 7 heteroatoms. The van der Waals surface area contributed by atoms with Crippen molar-refractivity contribution < 1.29 is 9.53 Å². The minimum atomic E-state index is -0.0887. The first-order chi connectivity index (χ1) is 12.2. The van der Waals surface area contributed by atoms with Crippen LogP contribution in [0.3, 0.4) is 0 Å². The first-order valence-electron chi connectivity index (χ1n) is 8.99. The molecule has 3 rings (SSSR count). The lowest BCUT2D eigenvalue weighted by molar-refractivity contribution is 0.0372. The van der Waals surface area contributed by atoms with Crippen molar-refractivity contribution in [1.82, 2.24) is 15.5 Å². The van der Waals surface area contributed by atoms with Gasteiger partial charge in [0, 0.05) is 35.3 Å². The molecule has 1 fully saturated rings. The Kier molecular flexibility index (Phi) is 7.28. The highest BCUT2D eigenvalue weighted by Gasteiger charge is 2.22. The van der Waals surface area contributed by atoms with Crippen LogP contribution in [0.5, 0.6) is 0 Å². The summed E-state index contributed by atoms with van der Waals surface area (Å²) in [6, 6.07) is 5.87. The van der Waals surface area contributed by atoms with Crippen LogP contribution in [0.25, 0.3) is 0 Å². The SMILES string of the molecule is O=C(NCCCCN1CCOCC1)N[C@@H]1CCSc2ccc(Cl)cc21. The molecule has 0 aliphatic carbocycles. The van der Waals surface area contributed by atoms with E-state index < -0.39 is 0 Å². The molecule has 1 saturated heterocycles. The van der Waals surface area contributed by atoms with Crippen LogP contribution in [0, 0.1) is 0 Å². The number of unbranched alkanes of at least 4 members (excludes halogenated alkanes) is 1. The summed E-state index contributed by atoms with van der Waals surface area (Å²) in [6.45, 7) is 5.52. The summed E-state index contributed by atoms with van der Waals surface area (Å²) in [5.74, 6) is 1.01. The van der Waals surface area contributed by atoms with Crippen LogP contribution in [0.2, 0.25) is 5.02 Å². The van der Waals surface area contributed by atoms with Gasteiger partial charge in [-0.1, -0.05) is 11.6 Å². The lowest BCUT2D eigenvalue weighted by Crippen LogP contribution is -2.40. The van der Waals surface area contributed by atoms with E-state index in [4.69, 9.17) is 16.3 Å². The molecule has 2 N–H and O–H groups in total. The van der Waals surface area contributed by atoms with Crippen molar-refractivity contribution >= 4 is 29.4 Å². The fourth-order valence-corrected chi connectivity index (χ4v) is 4.50. The van der Waals surface area contributed by atoms with E-state index in [1.165, 1.54) is 4.90 Å². The van der Waals surface area contributed by atoms with Crippen LogP contribution >= 0.6 is 23.4 Å². The smallest absolute Gasteiger partial charge is 0.315 e. The van der Waals surface area contributed by atoms with E-state index in [2.05, 4.69) is 15.5 Å². The molecular weight excluding hydrogens is 358 g/mol. The van der Waals surface area contributed by atoms with Crippen molar-refractivity contribution in [2.24, 2.45) is 0 Å². The summed E-state index contributed by atoms with van der Waals surface area (Å²) < 4.78 is 5.35. The molecule has 0 spiro atoms. The van der Waals surface area contributed by atoms with Crippen molar-refractivity contribution in [3.8, 4) is 0 Å². The summed E-state index contributed by atoms with van der Waals surface area (Å²) >= 11 is 7.93. The van der Waals surface area contributed by atoms with E-state index in [0.717, 1.165) is 68.4 Å². The Hall–Kier alpha value is -0.950. The largest absolute Gasteiger partial charge is 0.379 e. The topological polar surface area (TPSA) is 53.6 Å². The van der Waals surface area contributed by atoms with Crippen LogP contribution in [-0.2, 0) is 4.74 Å². The summed E-state index contributed by atoms with van der Waals surface area (Å²) in [5.41, 5.74) is 1.13. The number of hydrogen-bond acceptors (Lipinski definition) is 4. The number of benzene rings is 1.